The summed E-state index contributed by atoms with van der Waals surface area (Å²) in [6.07, 6.45) is 0. The molecule has 0 aromatic heterocycles. The van der Waals surface area contributed by atoms with Gasteiger partial charge in [-0.05, 0) is 52.8 Å². The Morgan fingerprint density at radius 2 is 0.744 bits per heavy atom. The molecule has 1 heteroatoms. The Bertz CT molecular complexity index is 1760. The second kappa shape index (κ2) is 10.7. The van der Waals surface area contributed by atoms with Crippen LogP contribution in [0.4, 0.5) is 0 Å². The van der Waals surface area contributed by atoms with Crippen LogP contribution in [-0.2, 0) is 21.0 Å². The molecule has 1 aliphatic rings. The topological polar surface area (TPSA) is 17.1 Å². The Labute approximate surface area is 257 Å². The lowest BCUT2D eigenvalue weighted by atomic mass is 9.33. The minimum absolute atomic E-state index is 0.156. The maximum absolute atomic E-state index is 14.7. The predicted octanol–water partition coefficient (Wildman–Crippen LogP) is 10.1. The molecule has 0 heterocycles. The maximum Gasteiger partial charge on any atom is 0.141 e. The van der Waals surface area contributed by atoms with Crippen molar-refractivity contribution in [3.8, 4) is 0 Å². The fourth-order valence-corrected chi connectivity index (χ4v) is 8.51. The van der Waals surface area contributed by atoms with Crippen molar-refractivity contribution in [1.82, 2.24) is 0 Å². The van der Waals surface area contributed by atoms with E-state index >= 15 is 0 Å². The second-order valence-electron chi connectivity index (χ2n) is 12.6. The number of carbonyl (C=O) groups excluding carboxylic acids is 1. The molecule has 6 rings (SSSR count). The third-order valence-corrected chi connectivity index (χ3v) is 11.1. The highest BCUT2D eigenvalue weighted by Crippen LogP contribution is 2.73. The number of hydrogen-bond donors (Lipinski definition) is 0. The van der Waals surface area contributed by atoms with E-state index in [2.05, 4.69) is 179 Å². The maximum atomic E-state index is 14.7. The van der Waals surface area contributed by atoms with Crippen molar-refractivity contribution in [2.24, 2.45) is 5.41 Å². The molecular weight excluding hydrogens is 520 g/mol. The molecule has 4 unspecified atom stereocenters. The van der Waals surface area contributed by atoms with Gasteiger partial charge in [-0.1, -0.05) is 172 Å². The normalized spacial score (nSPS) is 27.1. The number of benzene rings is 5. The summed E-state index contributed by atoms with van der Waals surface area (Å²) in [5.41, 5.74) is 5.36. The highest BCUT2D eigenvalue weighted by molar-refractivity contribution is 6.10. The summed E-state index contributed by atoms with van der Waals surface area (Å²) in [5.74, 6) is 0.156. The number of carbonyl (C=O) groups is 1. The molecule has 0 spiro atoms. The van der Waals surface area contributed by atoms with Crippen LogP contribution in [0.1, 0.15) is 62.4 Å². The zero-order valence-corrected chi connectivity index (χ0v) is 25.8. The molecule has 0 amide bonds. The van der Waals surface area contributed by atoms with Crippen LogP contribution in [0.2, 0.25) is 0 Å². The van der Waals surface area contributed by atoms with Gasteiger partial charge >= 0.3 is 0 Å². The third kappa shape index (κ3) is 3.87. The van der Waals surface area contributed by atoms with Crippen LogP contribution < -0.4 is 0 Å². The highest BCUT2D eigenvalue weighted by atomic mass is 16.1. The van der Waals surface area contributed by atoms with E-state index in [4.69, 9.17) is 0 Å². The summed E-state index contributed by atoms with van der Waals surface area (Å²) in [4.78, 5) is 14.7. The van der Waals surface area contributed by atoms with Crippen LogP contribution in [0.3, 0.4) is 0 Å². The van der Waals surface area contributed by atoms with Crippen molar-refractivity contribution < 1.29 is 4.79 Å². The SMILES string of the molecule is CC(=O)C1(C)C(c2ccccc2)=C(c2ccccc2)C(C)(c2ccccc2)C(C)(c2ccccc2)C1(C)c1ccccc1. The minimum atomic E-state index is -0.903. The summed E-state index contributed by atoms with van der Waals surface area (Å²) < 4.78 is 0. The van der Waals surface area contributed by atoms with E-state index in [-0.39, 0.29) is 5.78 Å². The lowest BCUT2D eigenvalue weighted by Crippen LogP contribution is -2.68. The molecule has 0 bridgehead atoms. The van der Waals surface area contributed by atoms with Crippen LogP contribution >= 0.6 is 0 Å². The van der Waals surface area contributed by atoms with Gasteiger partial charge in [0.15, 0.2) is 0 Å². The van der Waals surface area contributed by atoms with Gasteiger partial charge in [0.1, 0.15) is 5.78 Å². The van der Waals surface area contributed by atoms with Crippen LogP contribution in [0.15, 0.2) is 152 Å². The first-order chi connectivity index (χ1) is 20.7. The standard InChI is InChI=1S/C42H40O/c1-31(43)39(2)37(32-21-11-6-12-22-32)38(33-23-13-7-14-24-33)40(3,34-25-15-8-16-26-34)42(5,36-29-19-10-20-30-36)41(39,4)35-27-17-9-18-28-35/h6-30H,1-5H3. The van der Waals surface area contributed by atoms with Gasteiger partial charge in [-0.15, -0.1) is 0 Å². The van der Waals surface area contributed by atoms with E-state index in [0.717, 1.165) is 22.3 Å². The van der Waals surface area contributed by atoms with E-state index < -0.39 is 21.7 Å². The van der Waals surface area contributed by atoms with Crippen molar-refractivity contribution in [1.29, 1.82) is 0 Å². The number of rotatable bonds is 6. The molecule has 0 fully saturated rings. The van der Waals surface area contributed by atoms with Crippen molar-refractivity contribution >= 4 is 16.9 Å². The Morgan fingerprint density at radius 1 is 0.419 bits per heavy atom. The van der Waals surface area contributed by atoms with Crippen molar-refractivity contribution in [2.75, 3.05) is 0 Å². The lowest BCUT2D eigenvalue weighted by molar-refractivity contribution is -0.128. The molecule has 5 aromatic carbocycles. The number of hydrogen-bond acceptors (Lipinski definition) is 1. The van der Waals surface area contributed by atoms with Crippen molar-refractivity contribution in [3.63, 3.8) is 0 Å². The van der Waals surface area contributed by atoms with Gasteiger partial charge in [0.25, 0.3) is 0 Å². The third-order valence-electron chi connectivity index (χ3n) is 11.1. The minimum Gasteiger partial charge on any atom is -0.299 e. The largest absolute Gasteiger partial charge is 0.299 e. The second-order valence-corrected chi connectivity index (χ2v) is 12.6. The summed E-state index contributed by atoms with van der Waals surface area (Å²) in [5, 5.41) is 0. The molecule has 1 nitrogen and oxygen atoms in total. The summed E-state index contributed by atoms with van der Waals surface area (Å²) >= 11 is 0. The monoisotopic (exact) mass is 560 g/mol. The summed E-state index contributed by atoms with van der Waals surface area (Å²) in [7, 11) is 0. The Kier molecular flexibility index (Phi) is 7.09. The first kappa shape index (κ1) is 28.6. The van der Waals surface area contributed by atoms with Gasteiger partial charge in [-0.25, -0.2) is 0 Å². The zero-order chi connectivity index (χ0) is 30.3. The molecule has 0 radical (unpaired) electrons. The molecular formula is C42H40O. The molecule has 0 aliphatic heterocycles. The Morgan fingerprint density at radius 3 is 1.14 bits per heavy atom. The fraction of sp³-hybridized carbons (Fsp3) is 0.214. The van der Waals surface area contributed by atoms with E-state index in [1.54, 1.807) is 6.92 Å². The van der Waals surface area contributed by atoms with Gasteiger partial charge in [-0.3, -0.25) is 4.79 Å². The van der Waals surface area contributed by atoms with E-state index in [1.165, 1.54) is 16.7 Å². The molecule has 0 N–H and O–H groups in total. The van der Waals surface area contributed by atoms with Crippen LogP contribution in [0.5, 0.6) is 0 Å². The van der Waals surface area contributed by atoms with Crippen LogP contribution in [0.25, 0.3) is 11.1 Å². The Hall–Kier alpha value is -4.49. The van der Waals surface area contributed by atoms with Crippen molar-refractivity contribution in [2.45, 2.75) is 50.9 Å². The van der Waals surface area contributed by atoms with Crippen molar-refractivity contribution in [3.05, 3.63) is 179 Å². The number of allylic oxidation sites excluding steroid dienone is 2. The van der Waals surface area contributed by atoms with Gasteiger partial charge in [-0.2, -0.15) is 0 Å². The zero-order valence-electron chi connectivity index (χ0n) is 25.8. The number of Topliss-reactive ketones (excluding diaryl/α,β-unsaturated/α-hetero) is 1. The molecule has 0 saturated carbocycles. The quantitative estimate of drug-likeness (QED) is 0.202. The molecule has 214 valence electrons. The van der Waals surface area contributed by atoms with Crippen LogP contribution in [-0.4, -0.2) is 5.78 Å². The predicted molar refractivity (Wildman–Crippen MR) is 180 cm³/mol. The number of ketones is 1. The smallest absolute Gasteiger partial charge is 0.141 e. The van der Waals surface area contributed by atoms with Gasteiger partial charge in [0, 0.05) is 16.2 Å². The van der Waals surface area contributed by atoms with Crippen LogP contribution in [0, 0.1) is 5.41 Å². The first-order valence-corrected chi connectivity index (χ1v) is 15.3. The first-order valence-electron chi connectivity index (χ1n) is 15.3. The van der Waals surface area contributed by atoms with E-state index in [1.807, 2.05) is 0 Å². The fourth-order valence-electron chi connectivity index (χ4n) is 8.51. The summed E-state index contributed by atoms with van der Waals surface area (Å²) in [6.45, 7) is 11.2. The molecule has 0 saturated heterocycles. The average Bonchev–Trinajstić information content (AvgIpc) is 3.07. The van der Waals surface area contributed by atoms with E-state index in [9.17, 15) is 4.79 Å². The van der Waals surface area contributed by atoms with Gasteiger partial charge in [0.2, 0.25) is 0 Å². The summed E-state index contributed by atoms with van der Waals surface area (Å²) in [6, 6.07) is 53.9. The van der Waals surface area contributed by atoms with Gasteiger partial charge < -0.3 is 0 Å². The van der Waals surface area contributed by atoms with Gasteiger partial charge in [0.05, 0.1) is 5.41 Å². The lowest BCUT2D eigenvalue weighted by Gasteiger charge is -2.68. The average molecular weight is 561 g/mol. The molecule has 1 aliphatic carbocycles. The molecule has 5 aromatic rings. The Balaban J connectivity index is 1.96. The van der Waals surface area contributed by atoms with E-state index in [0.29, 0.717) is 0 Å². The molecule has 4 atom stereocenters. The highest BCUT2D eigenvalue weighted by Gasteiger charge is 2.71. The molecule has 43 heavy (non-hydrogen) atoms.